The van der Waals surface area contributed by atoms with Crippen molar-refractivity contribution in [1.29, 1.82) is 0 Å². The number of hydrogen-bond donors (Lipinski definition) is 1. The normalized spacial score (nSPS) is 17.3. The van der Waals surface area contributed by atoms with Gasteiger partial charge >= 0.3 is 5.69 Å². The minimum Gasteiger partial charge on any atom is -0.383 e. The van der Waals surface area contributed by atoms with Crippen molar-refractivity contribution < 1.29 is 4.74 Å². The summed E-state index contributed by atoms with van der Waals surface area (Å²) in [7, 11) is 1.59. The van der Waals surface area contributed by atoms with Crippen molar-refractivity contribution in [3.05, 3.63) is 79.0 Å². The van der Waals surface area contributed by atoms with Gasteiger partial charge in [-0.05, 0) is 55.6 Å². The number of thiophene rings is 1. The Morgan fingerprint density at radius 1 is 1.21 bits per heavy atom. The van der Waals surface area contributed by atoms with Gasteiger partial charge in [0.25, 0.3) is 5.56 Å². The number of halogens is 1. The number of anilines is 1. The molecule has 0 amide bonds. The van der Waals surface area contributed by atoms with Crippen LogP contribution in [-0.4, -0.2) is 53.5 Å². The Bertz CT molecular complexity index is 1600. The fourth-order valence-corrected chi connectivity index (χ4v) is 7.08. The number of pyridine rings is 1. The molecule has 6 rings (SSSR count). The molecule has 1 aromatic carbocycles. The van der Waals surface area contributed by atoms with E-state index in [1.165, 1.54) is 32.6 Å². The zero-order valence-electron chi connectivity index (χ0n) is 21.3. The molecule has 1 saturated heterocycles. The van der Waals surface area contributed by atoms with Crippen LogP contribution in [0, 0.1) is 0 Å². The average Bonchev–Trinajstić information content (AvgIpc) is 3.60. The average molecular weight is 552 g/mol. The number of hydrogen-bond acceptors (Lipinski definition) is 7. The highest BCUT2D eigenvalue weighted by atomic mass is 35.5. The Kier molecular flexibility index (Phi) is 7.09. The number of aromatic nitrogens is 3. The molecule has 1 fully saturated rings. The second-order valence-electron chi connectivity index (χ2n) is 9.90. The summed E-state index contributed by atoms with van der Waals surface area (Å²) in [6.07, 6.45) is 6.61. The molecule has 0 radical (unpaired) electrons. The number of ether oxygens (including phenoxy) is 1. The lowest BCUT2D eigenvalue weighted by Crippen LogP contribution is -2.40. The number of benzene rings is 1. The van der Waals surface area contributed by atoms with Crippen molar-refractivity contribution in [3.8, 4) is 11.1 Å². The summed E-state index contributed by atoms with van der Waals surface area (Å²) in [5.41, 5.74) is 4.96. The van der Waals surface area contributed by atoms with Gasteiger partial charge in [0.2, 0.25) is 0 Å². The smallest absolute Gasteiger partial charge is 0.331 e. The van der Waals surface area contributed by atoms with E-state index in [4.69, 9.17) is 16.3 Å². The molecular formula is C28H30ClN5O3S. The molecule has 38 heavy (non-hydrogen) atoms. The minimum atomic E-state index is -0.343. The highest BCUT2D eigenvalue weighted by molar-refractivity contribution is 7.19. The zero-order chi connectivity index (χ0) is 26.2. The number of methoxy groups -OCH3 is 1. The van der Waals surface area contributed by atoms with Gasteiger partial charge in [-0.3, -0.25) is 18.9 Å². The molecule has 4 aromatic rings. The Labute approximate surface area is 229 Å². The predicted octanol–water partition coefficient (Wildman–Crippen LogP) is 3.75. The first-order chi connectivity index (χ1) is 18.5. The van der Waals surface area contributed by atoms with Gasteiger partial charge in [0.15, 0.2) is 0 Å². The molecule has 10 heteroatoms. The summed E-state index contributed by atoms with van der Waals surface area (Å²) in [5.74, 6) is 0. The molecule has 0 bridgehead atoms. The Morgan fingerprint density at radius 2 is 2.11 bits per heavy atom. The van der Waals surface area contributed by atoms with Crippen LogP contribution in [-0.2, 0) is 24.2 Å². The lowest BCUT2D eigenvalue weighted by atomic mass is 9.92. The van der Waals surface area contributed by atoms with E-state index in [1.807, 2.05) is 12.3 Å². The zero-order valence-corrected chi connectivity index (χ0v) is 22.9. The second-order valence-corrected chi connectivity index (χ2v) is 11.5. The van der Waals surface area contributed by atoms with Crippen LogP contribution in [0.5, 0.6) is 0 Å². The fraction of sp³-hybridized carbons (Fsp3) is 0.393. The molecule has 5 heterocycles. The summed E-state index contributed by atoms with van der Waals surface area (Å²) in [5, 5.41) is 4.25. The van der Waals surface area contributed by atoms with Crippen molar-refractivity contribution in [2.45, 2.75) is 38.4 Å². The number of nitrogens with one attached hydrogen (secondary N) is 1. The maximum atomic E-state index is 13.0. The molecule has 2 aliphatic rings. The third-order valence-corrected chi connectivity index (χ3v) is 8.86. The maximum absolute atomic E-state index is 13.0. The van der Waals surface area contributed by atoms with Gasteiger partial charge in [0.1, 0.15) is 0 Å². The highest BCUT2D eigenvalue weighted by Crippen LogP contribution is 2.44. The van der Waals surface area contributed by atoms with Crippen molar-refractivity contribution >= 4 is 38.8 Å². The van der Waals surface area contributed by atoms with Crippen molar-refractivity contribution in [2.75, 3.05) is 38.3 Å². The van der Waals surface area contributed by atoms with E-state index in [0.717, 1.165) is 70.1 Å². The van der Waals surface area contributed by atoms with Gasteiger partial charge < -0.3 is 15.0 Å². The Balaban J connectivity index is 1.43. The molecule has 0 saturated carbocycles. The molecular weight excluding hydrogens is 522 g/mol. The summed E-state index contributed by atoms with van der Waals surface area (Å²) >= 11 is 8.24. The van der Waals surface area contributed by atoms with Crippen molar-refractivity contribution in [2.24, 2.45) is 0 Å². The van der Waals surface area contributed by atoms with Crippen LogP contribution in [0.1, 0.15) is 23.3 Å². The number of fused-ring (bicyclic) bond motifs is 2. The van der Waals surface area contributed by atoms with Gasteiger partial charge in [-0.25, -0.2) is 4.79 Å². The first kappa shape index (κ1) is 25.3. The van der Waals surface area contributed by atoms with Gasteiger partial charge in [0, 0.05) is 71.4 Å². The van der Waals surface area contributed by atoms with Crippen LogP contribution in [0.25, 0.3) is 21.3 Å². The van der Waals surface area contributed by atoms with Gasteiger partial charge in [-0.15, -0.1) is 11.3 Å². The van der Waals surface area contributed by atoms with E-state index < -0.39 is 0 Å². The summed E-state index contributed by atoms with van der Waals surface area (Å²) in [6, 6.07) is 10.1. The van der Waals surface area contributed by atoms with Crippen LogP contribution in [0.15, 0.2) is 52.3 Å². The second kappa shape index (κ2) is 10.6. The molecule has 0 spiro atoms. The third-order valence-electron chi connectivity index (χ3n) is 7.50. The lowest BCUT2D eigenvalue weighted by Gasteiger charge is -2.38. The van der Waals surface area contributed by atoms with E-state index in [-0.39, 0.29) is 17.8 Å². The van der Waals surface area contributed by atoms with Crippen LogP contribution < -0.4 is 21.5 Å². The van der Waals surface area contributed by atoms with E-state index in [2.05, 4.69) is 33.4 Å². The van der Waals surface area contributed by atoms with E-state index in [1.54, 1.807) is 18.4 Å². The van der Waals surface area contributed by atoms with Crippen LogP contribution >= 0.6 is 22.9 Å². The fourth-order valence-electron chi connectivity index (χ4n) is 5.71. The minimum absolute atomic E-state index is 0.194. The monoisotopic (exact) mass is 551 g/mol. The van der Waals surface area contributed by atoms with E-state index >= 15 is 0 Å². The quantitative estimate of drug-likeness (QED) is 0.377. The molecule has 1 N–H and O–H groups in total. The standard InChI is InChI=1S/C28H30ClN5O3S/c1-37-12-11-32-10-6-25(35)34(28(32)36)17-21-15-24-27(38-21)22(5-8-31-24)23-14-19(29)13-18-3-2-9-33(26(18)23)20-4-7-30-16-20/h5-6,8,10,13-15,20,30H,2-4,7,9,11-12,16-17H2,1H3. The van der Waals surface area contributed by atoms with Crippen LogP contribution in [0.4, 0.5) is 5.69 Å². The number of rotatable bonds is 7. The topological polar surface area (TPSA) is 81.4 Å². The maximum Gasteiger partial charge on any atom is 0.331 e. The molecule has 3 aromatic heterocycles. The molecule has 1 unspecified atom stereocenters. The molecule has 1 atom stereocenters. The highest BCUT2D eigenvalue weighted by Gasteiger charge is 2.30. The molecule has 8 nitrogen and oxygen atoms in total. The number of nitrogens with zero attached hydrogens (tertiary/aromatic N) is 4. The molecule has 198 valence electrons. The largest absolute Gasteiger partial charge is 0.383 e. The third kappa shape index (κ3) is 4.68. The first-order valence-electron chi connectivity index (χ1n) is 13.0. The molecule has 0 aliphatic carbocycles. The summed E-state index contributed by atoms with van der Waals surface area (Å²) < 4.78 is 8.92. The van der Waals surface area contributed by atoms with Crippen molar-refractivity contribution in [1.82, 2.24) is 19.4 Å². The lowest BCUT2D eigenvalue weighted by molar-refractivity contribution is 0.185. The van der Waals surface area contributed by atoms with E-state index in [9.17, 15) is 9.59 Å². The number of aryl methyl sites for hydroxylation is 1. The van der Waals surface area contributed by atoms with Gasteiger partial charge in [0.05, 0.1) is 29.9 Å². The molecule has 2 aliphatic heterocycles. The Hall–Kier alpha value is -2.98. The predicted molar refractivity (Wildman–Crippen MR) is 153 cm³/mol. The van der Waals surface area contributed by atoms with E-state index in [0.29, 0.717) is 19.2 Å². The van der Waals surface area contributed by atoms with Gasteiger partial charge in [-0.1, -0.05) is 11.6 Å². The van der Waals surface area contributed by atoms with Crippen LogP contribution in [0.2, 0.25) is 5.02 Å². The SMILES string of the molecule is COCCn1ccc(=O)n(Cc2cc3nccc(-c4cc(Cl)cc5c4N(C4CCNC4)CCC5)c3s2)c1=O. The van der Waals surface area contributed by atoms with Crippen LogP contribution in [0.3, 0.4) is 0 Å². The van der Waals surface area contributed by atoms with Crippen molar-refractivity contribution in [3.63, 3.8) is 0 Å². The summed E-state index contributed by atoms with van der Waals surface area (Å²) in [6.45, 7) is 4.04. The first-order valence-corrected chi connectivity index (χ1v) is 14.2. The Morgan fingerprint density at radius 3 is 2.92 bits per heavy atom. The summed E-state index contributed by atoms with van der Waals surface area (Å²) in [4.78, 5) is 33.7. The van der Waals surface area contributed by atoms with Gasteiger partial charge in [-0.2, -0.15) is 0 Å².